The zero-order chi connectivity index (χ0) is 15.6. The number of fused-ring (bicyclic) bond motifs is 2. The van der Waals surface area contributed by atoms with E-state index >= 15 is 0 Å². The SMILES string of the molecule is CC1CCC2C3CC4CC2(O)C2CC(O)C5CCCCC5C42N13. The fourth-order valence-corrected chi connectivity index (χ4v) is 9.31. The van der Waals surface area contributed by atoms with E-state index in [9.17, 15) is 10.2 Å². The van der Waals surface area contributed by atoms with E-state index in [4.69, 9.17) is 0 Å². The topological polar surface area (TPSA) is 43.7 Å². The van der Waals surface area contributed by atoms with Crippen molar-refractivity contribution >= 4 is 0 Å². The van der Waals surface area contributed by atoms with Gasteiger partial charge in [-0.3, -0.25) is 4.90 Å². The maximum absolute atomic E-state index is 11.8. The van der Waals surface area contributed by atoms with Crippen LogP contribution in [0.25, 0.3) is 0 Å². The smallest absolute Gasteiger partial charge is 0.0740 e. The Morgan fingerprint density at radius 3 is 2.70 bits per heavy atom. The molecule has 23 heavy (non-hydrogen) atoms. The molecule has 3 nitrogen and oxygen atoms in total. The van der Waals surface area contributed by atoms with Crippen LogP contribution in [0.3, 0.4) is 0 Å². The highest BCUT2D eigenvalue weighted by atomic mass is 16.3. The molecule has 11 atom stereocenters. The van der Waals surface area contributed by atoms with Gasteiger partial charge in [-0.15, -0.1) is 0 Å². The van der Waals surface area contributed by atoms with Gasteiger partial charge in [0.25, 0.3) is 0 Å². The molecule has 6 rings (SSSR count). The largest absolute Gasteiger partial charge is 0.393 e. The van der Waals surface area contributed by atoms with Crippen molar-refractivity contribution in [1.82, 2.24) is 4.90 Å². The van der Waals surface area contributed by atoms with Crippen LogP contribution in [0, 0.1) is 29.6 Å². The Balaban J connectivity index is 1.57. The normalized spacial score (nSPS) is 68.7. The fourth-order valence-electron chi connectivity index (χ4n) is 9.31. The number of nitrogens with zero attached hydrogens (tertiary/aromatic N) is 1. The summed E-state index contributed by atoms with van der Waals surface area (Å²) in [6, 6.07) is 1.33. The molecule has 6 aliphatic rings. The highest BCUT2D eigenvalue weighted by Gasteiger charge is 2.80. The highest BCUT2D eigenvalue weighted by molar-refractivity contribution is 5.33. The minimum absolute atomic E-state index is 0.157. The van der Waals surface area contributed by atoms with Crippen LogP contribution in [0.5, 0.6) is 0 Å². The minimum Gasteiger partial charge on any atom is -0.393 e. The van der Waals surface area contributed by atoms with Crippen LogP contribution in [0.4, 0.5) is 0 Å². The first kappa shape index (κ1) is 14.1. The lowest BCUT2D eigenvalue weighted by molar-refractivity contribution is -0.234. The average molecular weight is 317 g/mol. The number of aliphatic hydroxyl groups excluding tert-OH is 1. The molecular formula is C20H31NO2. The van der Waals surface area contributed by atoms with E-state index < -0.39 is 5.60 Å². The van der Waals surface area contributed by atoms with Gasteiger partial charge in [0.15, 0.2) is 0 Å². The maximum atomic E-state index is 11.8. The molecule has 3 aliphatic carbocycles. The van der Waals surface area contributed by atoms with E-state index in [-0.39, 0.29) is 11.6 Å². The summed E-state index contributed by atoms with van der Waals surface area (Å²) in [5.74, 6) is 2.70. The van der Waals surface area contributed by atoms with E-state index in [0.717, 1.165) is 12.8 Å². The van der Waals surface area contributed by atoms with Gasteiger partial charge in [-0.05, 0) is 69.6 Å². The van der Waals surface area contributed by atoms with Crippen LogP contribution in [0.1, 0.15) is 64.7 Å². The van der Waals surface area contributed by atoms with E-state index in [0.29, 0.717) is 41.7 Å². The highest BCUT2D eigenvalue weighted by Crippen LogP contribution is 2.75. The third kappa shape index (κ3) is 1.32. The number of hydrogen-bond acceptors (Lipinski definition) is 3. The third-order valence-electron chi connectivity index (χ3n) is 9.58. The van der Waals surface area contributed by atoms with Gasteiger partial charge in [-0.25, -0.2) is 0 Å². The van der Waals surface area contributed by atoms with Gasteiger partial charge in [0.05, 0.1) is 11.7 Å². The molecule has 0 aromatic rings. The summed E-state index contributed by atoms with van der Waals surface area (Å²) in [4.78, 5) is 2.95. The van der Waals surface area contributed by atoms with Gasteiger partial charge in [0, 0.05) is 29.5 Å². The molecule has 5 bridgehead atoms. The predicted molar refractivity (Wildman–Crippen MR) is 87.8 cm³/mol. The van der Waals surface area contributed by atoms with Crippen LogP contribution in [-0.2, 0) is 0 Å². The fraction of sp³-hybridized carbons (Fsp3) is 1.00. The molecule has 0 radical (unpaired) electrons. The van der Waals surface area contributed by atoms with Crippen molar-refractivity contribution in [3.05, 3.63) is 0 Å². The Morgan fingerprint density at radius 2 is 1.83 bits per heavy atom. The maximum Gasteiger partial charge on any atom is 0.0740 e. The Kier molecular flexibility index (Phi) is 2.55. The lowest BCUT2D eigenvalue weighted by Gasteiger charge is -2.67. The van der Waals surface area contributed by atoms with E-state index in [1.807, 2.05) is 0 Å². The number of piperidine rings is 2. The molecule has 128 valence electrons. The molecule has 3 heteroatoms. The van der Waals surface area contributed by atoms with Gasteiger partial charge in [-0.2, -0.15) is 0 Å². The van der Waals surface area contributed by atoms with Crippen LogP contribution in [0.2, 0.25) is 0 Å². The summed E-state index contributed by atoms with van der Waals surface area (Å²) in [5.41, 5.74) is -0.201. The Hall–Kier alpha value is -0.120. The molecule has 3 saturated carbocycles. The van der Waals surface area contributed by atoms with Gasteiger partial charge < -0.3 is 10.2 Å². The van der Waals surface area contributed by atoms with Crippen LogP contribution < -0.4 is 0 Å². The molecule has 3 saturated heterocycles. The molecule has 3 heterocycles. The van der Waals surface area contributed by atoms with Crippen molar-refractivity contribution in [3.63, 3.8) is 0 Å². The van der Waals surface area contributed by atoms with E-state index in [1.165, 1.54) is 44.9 Å². The second kappa shape index (κ2) is 4.16. The van der Waals surface area contributed by atoms with Crippen molar-refractivity contribution in [3.8, 4) is 0 Å². The molecule has 3 aliphatic heterocycles. The zero-order valence-electron chi connectivity index (χ0n) is 14.3. The van der Waals surface area contributed by atoms with E-state index in [1.54, 1.807) is 0 Å². The second-order valence-electron chi connectivity index (χ2n) is 9.93. The van der Waals surface area contributed by atoms with Crippen LogP contribution in [0.15, 0.2) is 0 Å². The second-order valence-corrected chi connectivity index (χ2v) is 9.93. The number of rotatable bonds is 0. The molecule has 11 unspecified atom stereocenters. The minimum atomic E-state index is -0.451. The average Bonchev–Trinajstić information content (AvgIpc) is 2.93. The van der Waals surface area contributed by atoms with Crippen molar-refractivity contribution in [1.29, 1.82) is 0 Å². The zero-order valence-corrected chi connectivity index (χ0v) is 14.3. The Bertz CT molecular complexity index is 552. The van der Waals surface area contributed by atoms with Crippen LogP contribution in [-0.4, -0.2) is 44.4 Å². The molecular weight excluding hydrogens is 286 g/mol. The summed E-state index contributed by atoms with van der Waals surface area (Å²) in [6.07, 6.45) is 10.7. The summed E-state index contributed by atoms with van der Waals surface area (Å²) in [6.45, 7) is 2.45. The first-order chi connectivity index (χ1) is 11.1. The van der Waals surface area contributed by atoms with Gasteiger partial charge in [-0.1, -0.05) is 12.8 Å². The Labute approximate surface area is 139 Å². The summed E-state index contributed by atoms with van der Waals surface area (Å²) in [5, 5.41) is 22.7. The standard InChI is InChI=1S/C20H31NO2/c1-11-6-7-15-16-8-12-10-19(15,23)18-9-17(22)13-4-2-3-5-14(13)20(12,18)21(11)16/h11-18,22-23H,2-10H2,1H3. The summed E-state index contributed by atoms with van der Waals surface area (Å²) < 4.78 is 0. The molecule has 0 aromatic carbocycles. The van der Waals surface area contributed by atoms with Crippen molar-refractivity contribution in [2.45, 2.75) is 94.0 Å². The number of aliphatic hydroxyl groups is 2. The summed E-state index contributed by atoms with van der Waals surface area (Å²) in [7, 11) is 0. The van der Waals surface area contributed by atoms with Gasteiger partial charge in [0.1, 0.15) is 0 Å². The molecule has 0 aromatic heterocycles. The van der Waals surface area contributed by atoms with Crippen molar-refractivity contribution < 1.29 is 10.2 Å². The predicted octanol–water partition coefficient (Wildman–Crippen LogP) is 2.55. The first-order valence-electron chi connectivity index (χ1n) is 10.3. The van der Waals surface area contributed by atoms with Gasteiger partial charge >= 0.3 is 0 Å². The molecule has 2 N–H and O–H groups in total. The van der Waals surface area contributed by atoms with Crippen molar-refractivity contribution in [2.75, 3.05) is 0 Å². The Morgan fingerprint density at radius 1 is 1.00 bits per heavy atom. The van der Waals surface area contributed by atoms with Crippen LogP contribution >= 0.6 is 0 Å². The third-order valence-corrected chi connectivity index (χ3v) is 9.58. The van der Waals surface area contributed by atoms with Crippen molar-refractivity contribution in [2.24, 2.45) is 29.6 Å². The molecule has 0 amide bonds. The lowest BCUT2D eigenvalue weighted by atomic mass is 9.51. The quantitative estimate of drug-likeness (QED) is 0.722. The van der Waals surface area contributed by atoms with E-state index in [2.05, 4.69) is 11.8 Å². The lowest BCUT2D eigenvalue weighted by Crippen LogP contribution is -2.75. The van der Waals surface area contributed by atoms with Gasteiger partial charge in [0.2, 0.25) is 0 Å². The molecule has 6 fully saturated rings. The monoisotopic (exact) mass is 317 g/mol. The first-order valence-corrected chi connectivity index (χ1v) is 10.3. The summed E-state index contributed by atoms with van der Waals surface area (Å²) >= 11 is 0. The molecule has 1 spiro atoms. The number of hydrogen-bond donors (Lipinski definition) is 2.